The van der Waals surface area contributed by atoms with Crippen LogP contribution in [0.2, 0.25) is 0 Å². The van der Waals surface area contributed by atoms with Crippen molar-refractivity contribution in [1.29, 1.82) is 0 Å². The number of carbonyl (C=O) groups excluding carboxylic acids is 2. The Morgan fingerprint density at radius 3 is 2.52 bits per heavy atom. The molecule has 9 heteroatoms. The van der Waals surface area contributed by atoms with Gasteiger partial charge in [-0.3, -0.25) is 14.4 Å². The van der Waals surface area contributed by atoms with Crippen molar-refractivity contribution in [2.75, 3.05) is 16.4 Å². The second-order valence-corrected chi connectivity index (χ2v) is 10.4. The summed E-state index contributed by atoms with van der Waals surface area (Å²) in [6.45, 7) is 0. The number of aliphatic carboxylic acids is 1. The number of anilines is 2. The molecule has 1 aromatic heterocycles. The van der Waals surface area contributed by atoms with Crippen molar-refractivity contribution < 1.29 is 19.5 Å². The van der Waals surface area contributed by atoms with Crippen LogP contribution < -0.4 is 10.6 Å². The monoisotopic (exact) mass is 479 g/mol. The molecule has 2 amide bonds. The molecule has 4 atom stereocenters. The van der Waals surface area contributed by atoms with Crippen LogP contribution in [-0.4, -0.2) is 33.6 Å². The van der Waals surface area contributed by atoms with Gasteiger partial charge in [0.1, 0.15) is 0 Å². The summed E-state index contributed by atoms with van der Waals surface area (Å²) in [4.78, 5) is 41.4. The maximum absolute atomic E-state index is 12.9. The number of rotatable bonds is 7. The fourth-order valence-electron chi connectivity index (χ4n) is 4.63. The fourth-order valence-corrected chi connectivity index (χ4v) is 6.54. The number of amides is 2. The van der Waals surface area contributed by atoms with Crippen LogP contribution >= 0.6 is 23.1 Å². The first-order chi connectivity index (χ1) is 16.0. The minimum absolute atomic E-state index is 0.0201. The number of thioether (sulfide) groups is 1. The van der Waals surface area contributed by atoms with E-state index in [0.29, 0.717) is 5.69 Å². The number of aromatic nitrogens is 1. The lowest BCUT2D eigenvalue weighted by Gasteiger charge is -2.23. The Kier molecular flexibility index (Phi) is 5.90. The Labute approximate surface area is 198 Å². The van der Waals surface area contributed by atoms with E-state index in [9.17, 15) is 19.5 Å². The highest BCUT2D eigenvalue weighted by Gasteiger charge is 2.51. The Balaban J connectivity index is 1.23. The van der Waals surface area contributed by atoms with E-state index in [1.807, 2.05) is 54.6 Å². The summed E-state index contributed by atoms with van der Waals surface area (Å²) in [6.07, 6.45) is 4.62. The second-order valence-electron chi connectivity index (χ2n) is 8.19. The SMILES string of the molecule is O=C(CSc1nc2ccc(NC(=O)[C@@H]3[C@@H](C(=O)O)[C@H]4C=C[C@H]3C4)cc2s1)Nc1ccccc1. The van der Waals surface area contributed by atoms with Gasteiger partial charge in [-0.15, -0.1) is 11.3 Å². The zero-order valence-corrected chi connectivity index (χ0v) is 19.1. The number of hydrogen-bond acceptors (Lipinski definition) is 6. The number of thiazole rings is 1. The molecule has 1 heterocycles. The third-order valence-corrected chi connectivity index (χ3v) is 8.23. The van der Waals surface area contributed by atoms with Gasteiger partial charge in [0.2, 0.25) is 11.8 Å². The predicted molar refractivity (Wildman–Crippen MR) is 129 cm³/mol. The van der Waals surface area contributed by atoms with Gasteiger partial charge in [-0.25, -0.2) is 4.98 Å². The first-order valence-electron chi connectivity index (χ1n) is 10.6. The lowest BCUT2D eigenvalue weighted by molar-refractivity contribution is -0.146. The van der Waals surface area contributed by atoms with Crippen molar-refractivity contribution in [1.82, 2.24) is 4.98 Å². The number of fused-ring (bicyclic) bond motifs is 3. The van der Waals surface area contributed by atoms with Crippen LogP contribution in [0.1, 0.15) is 6.42 Å². The van der Waals surface area contributed by atoms with Crippen LogP contribution in [0.25, 0.3) is 10.2 Å². The van der Waals surface area contributed by atoms with Crippen LogP contribution in [0.15, 0.2) is 65.0 Å². The molecule has 2 aromatic carbocycles. The molecule has 7 nitrogen and oxygen atoms in total. The molecule has 0 saturated heterocycles. The van der Waals surface area contributed by atoms with Crippen molar-refractivity contribution in [3.8, 4) is 0 Å². The van der Waals surface area contributed by atoms with Gasteiger partial charge in [0.05, 0.1) is 27.8 Å². The summed E-state index contributed by atoms with van der Waals surface area (Å²) in [5.41, 5.74) is 2.16. The van der Waals surface area contributed by atoms with Gasteiger partial charge >= 0.3 is 5.97 Å². The van der Waals surface area contributed by atoms with E-state index in [1.54, 1.807) is 6.07 Å². The first kappa shape index (κ1) is 21.7. The number of nitrogens with one attached hydrogen (secondary N) is 2. The number of nitrogens with zero attached hydrogens (tertiary/aromatic N) is 1. The standard InChI is InChI=1S/C24H21N3O4S2/c28-19(25-15-4-2-1-3-5-15)12-32-24-27-17-9-8-16(11-18(17)33-24)26-22(29)20-13-6-7-14(10-13)21(20)23(30)31/h1-9,11,13-14,20-21H,10,12H2,(H,25,28)(H,26,29)(H,30,31)/t13-,14-,20-,21-/m0/s1. The predicted octanol–water partition coefficient (Wildman–Crippen LogP) is 4.49. The number of carbonyl (C=O) groups is 3. The number of carboxylic acids is 1. The number of benzene rings is 2. The van der Waals surface area contributed by atoms with Crippen LogP contribution in [0.5, 0.6) is 0 Å². The van der Waals surface area contributed by atoms with Crippen LogP contribution in [0.3, 0.4) is 0 Å². The Morgan fingerprint density at radius 2 is 1.76 bits per heavy atom. The van der Waals surface area contributed by atoms with E-state index >= 15 is 0 Å². The highest BCUT2D eigenvalue weighted by Crippen LogP contribution is 2.48. The normalized spacial score (nSPS) is 23.0. The summed E-state index contributed by atoms with van der Waals surface area (Å²) in [7, 11) is 0. The van der Waals surface area contributed by atoms with Gasteiger partial charge < -0.3 is 15.7 Å². The molecule has 2 bridgehead atoms. The Bertz CT molecular complexity index is 1260. The van der Waals surface area contributed by atoms with Gasteiger partial charge in [-0.1, -0.05) is 42.1 Å². The quantitative estimate of drug-likeness (QED) is 0.340. The van der Waals surface area contributed by atoms with Gasteiger partial charge in [0.25, 0.3) is 0 Å². The van der Waals surface area contributed by atoms with Crippen LogP contribution in [-0.2, 0) is 14.4 Å². The largest absolute Gasteiger partial charge is 0.481 e. The van der Waals surface area contributed by atoms with Crippen LogP contribution in [0.4, 0.5) is 11.4 Å². The fraction of sp³-hybridized carbons (Fsp3) is 0.250. The molecule has 2 aliphatic rings. The van der Waals surface area contributed by atoms with Crippen molar-refractivity contribution in [3.63, 3.8) is 0 Å². The molecule has 0 unspecified atom stereocenters. The molecule has 3 aromatic rings. The van der Waals surface area contributed by atoms with E-state index in [0.717, 1.165) is 26.7 Å². The van der Waals surface area contributed by atoms with E-state index in [4.69, 9.17) is 0 Å². The number of hydrogen-bond donors (Lipinski definition) is 3. The molecular formula is C24H21N3O4S2. The average Bonchev–Trinajstić information content (AvgIpc) is 3.52. The zero-order valence-electron chi connectivity index (χ0n) is 17.4. The maximum atomic E-state index is 12.9. The summed E-state index contributed by atoms with van der Waals surface area (Å²) < 4.78 is 1.65. The average molecular weight is 480 g/mol. The molecule has 0 spiro atoms. The van der Waals surface area contributed by atoms with E-state index in [-0.39, 0.29) is 29.4 Å². The summed E-state index contributed by atoms with van der Waals surface area (Å²) in [5, 5.41) is 15.3. The van der Waals surface area contributed by atoms with Crippen LogP contribution in [0, 0.1) is 23.7 Å². The molecule has 1 saturated carbocycles. The van der Waals surface area contributed by atoms with Crippen molar-refractivity contribution >= 4 is 62.5 Å². The van der Waals surface area contributed by atoms with E-state index in [1.165, 1.54) is 23.1 Å². The van der Waals surface area contributed by atoms with E-state index < -0.39 is 17.8 Å². The van der Waals surface area contributed by atoms with Gasteiger partial charge in [-0.05, 0) is 48.6 Å². The summed E-state index contributed by atoms with van der Waals surface area (Å²) >= 11 is 2.81. The highest BCUT2D eigenvalue weighted by atomic mass is 32.2. The molecule has 0 aliphatic heterocycles. The van der Waals surface area contributed by atoms with Gasteiger partial charge in [0, 0.05) is 11.4 Å². The lowest BCUT2D eigenvalue weighted by atomic mass is 9.82. The highest BCUT2D eigenvalue weighted by molar-refractivity contribution is 8.01. The topological polar surface area (TPSA) is 108 Å². The molecule has 33 heavy (non-hydrogen) atoms. The minimum Gasteiger partial charge on any atom is -0.481 e. The molecule has 0 radical (unpaired) electrons. The van der Waals surface area contributed by atoms with Crippen molar-refractivity contribution in [2.24, 2.45) is 23.7 Å². The summed E-state index contributed by atoms with van der Waals surface area (Å²) in [5.74, 6) is -2.34. The summed E-state index contributed by atoms with van der Waals surface area (Å²) in [6, 6.07) is 14.7. The molecule has 1 fully saturated rings. The Morgan fingerprint density at radius 1 is 1.00 bits per heavy atom. The molecule has 168 valence electrons. The van der Waals surface area contributed by atoms with Crippen molar-refractivity contribution in [2.45, 2.75) is 10.8 Å². The first-order valence-corrected chi connectivity index (χ1v) is 12.4. The molecular weight excluding hydrogens is 458 g/mol. The second kappa shape index (κ2) is 8.99. The molecule has 3 N–H and O–H groups in total. The molecule has 5 rings (SSSR count). The number of allylic oxidation sites excluding steroid dienone is 2. The zero-order chi connectivity index (χ0) is 22.9. The number of para-hydroxylation sites is 1. The third kappa shape index (κ3) is 4.51. The smallest absolute Gasteiger partial charge is 0.307 e. The van der Waals surface area contributed by atoms with Gasteiger partial charge in [-0.2, -0.15) is 0 Å². The number of carboxylic acid groups (broad SMARTS) is 1. The molecule has 2 aliphatic carbocycles. The van der Waals surface area contributed by atoms with Crippen molar-refractivity contribution in [3.05, 3.63) is 60.7 Å². The van der Waals surface area contributed by atoms with E-state index in [2.05, 4.69) is 15.6 Å². The van der Waals surface area contributed by atoms with Gasteiger partial charge in [0.15, 0.2) is 4.34 Å². The third-order valence-electron chi connectivity index (χ3n) is 6.07. The Hall–Kier alpha value is -3.17. The minimum atomic E-state index is -0.914. The maximum Gasteiger partial charge on any atom is 0.307 e. The lowest BCUT2D eigenvalue weighted by Crippen LogP contribution is -2.36.